The minimum Gasteiger partial charge on any atom is -0.465 e. The molecular weight excluding hydrogens is 332 g/mol. The van der Waals surface area contributed by atoms with Gasteiger partial charge in [0.2, 0.25) is 0 Å². The lowest BCUT2D eigenvalue weighted by Crippen LogP contribution is -2.33. The number of benzene rings is 2. The van der Waals surface area contributed by atoms with E-state index in [2.05, 4.69) is 5.32 Å². The SMILES string of the molecule is O=C(Nc1ccc(C2=CCN(C(=O)O)CC2)cc1)OCc1ccccc1. The van der Waals surface area contributed by atoms with E-state index in [1.54, 1.807) is 0 Å². The maximum atomic E-state index is 11.9. The Bertz CT molecular complexity index is 800. The predicted molar refractivity (Wildman–Crippen MR) is 98.9 cm³/mol. The number of amides is 2. The molecule has 1 aliphatic rings. The van der Waals surface area contributed by atoms with Gasteiger partial charge in [0.1, 0.15) is 6.61 Å². The number of hydrogen-bond donors (Lipinski definition) is 2. The van der Waals surface area contributed by atoms with Crippen LogP contribution in [0.1, 0.15) is 17.5 Å². The van der Waals surface area contributed by atoms with Crippen molar-refractivity contribution in [3.8, 4) is 0 Å². The first-order valence-electron chi connectivity index (χ1n) is 8.37. The molecule has 0 radical (unpaired) electrons. The number of hydrogen-bond acceptors (Lipinski definition) is 3. The topological polar surface area (TPSA) is 78.9 Å². The summed E-state index contributed by atoms with van der Waals surface area (Å²) < 4.78 is 5.19. The normalized spacial score (nSPS) is 13.7. The fourth-order valence-corrected chi connectivity index (χ4v) is 2.75. The van der Waals surface area contributed by atoms with Gasteiger partial charge in [-0.2, -0.15) is 0 Å². The first kappa shape index (κ1) is 17.5. The van der Waals surface area contributed by atoms with Crippen molar-refractivity contribution in [3.05, 3.63) is 71.8 Å². The maximum Gasteiger partial charge on any atom is 0.411 e. The number of nitrogens with zero attached hydrogens (tertiary/aromatic N) is 1. The summed E-state index contributed by atoms with van der Waals surface area (Å²) in [6, 6.07) is 16.9. The van der Waals surface area contributed by atoms with Crippen LogP contribution in [0.2, 0.25) is 0 Å². The molecule has 6 heteroatoms. The minimum atomic E-state index is -0.895. The van der Waals surface area contributed by atoms with Gasteiger partial charge in [-0.3, -0.25) is 5.32 Å². The third kappa shape index (κ3) is 4.63. The number of carbonyl (C=O) groups excluding carboxylic acids is 1. The molecule has 26 heavy (non-hydrogen) atoms. The zero-order valence-corrected chi connectivity index (χ0v) is 14.2. The van der Waals surface area contributed by atoms with Crippen LogP contribution in [0, 0.1) is 0 Å². The highest BCUT2D eigenvalue weighted by Gasteiger charge is 2.16. The minimum absolute atomic E-state index is 0.220. The van der Waals surface area contributed by atoms with E-state index in [1.807, 2.05) is 60.7 Å². The molecule has 0 saturated carbocycles. The van der Waals surface area contributed by atoms with Crippen molar-refractivity contribution in [2.75, 3.05) is 18.4 Å². The molecule has 0 atom stereocenters. The lowest BCUT2D eigenvalue weighted by Gasteiger charge is -2.23. The van der Waals surface area contributed by atoms with Crippen LogP contribution in [0.15, 0.2) is 60.7 Å². The van der Waals surface area contributed by atoms with Crippen molar-refractivity contribution >= 4 is 23.4 Å². The molecule has 3 rings (SSSR count). The average molecular weight is 352 g/mol. The molecule has 2 amide bonds. The van der Waals surface area contributed by atoms with Crippen LogP contribution in [-0.2, 0) is 11.3 Å². The predicted octanol–water partition coefficient (Wildman–Crippen LogP) is 4.20. The van der Waals surface area contributed by atoms with Crippen molar-refractivity contribution < 1.29 is 19.4 Å². The van der Waals surface area contributed by atoms with E-state index < -0.39 is 12.2 Å². The summed E-state index contributed by atoms with van der Waals surface area (Å²) >= 11 is 0. The van der Waals surface area contributed by atoms with E-state index in [9.17, 15) is 9.59 Å². The fraction of sp³-hybridized carbons (Fsp3) is 0.200. The fourth-order valence-electron chi connectivity index (χ4n) is 2.75. The zero-order valence-electron chi connectivity index (χ0n) is 14.2. The van der Waals surface area contributed by atoms with Gasteiger partial charge in [-0.15, -0.1) is 0 Å². The second kappa shape index (κ2) is 8.20. The second-order valence-electron chi connectivity index (χ2n) is 5.97. The molecule has 2 aromatic rings. The Morgan fingerprint density at radius 3 is 2.42 bits per heavy atom. The molecule has 0 aliphatic carbocycles. The van der Waals surface area contributed by atoms with E-state index in [-0.39, 0.29) is 6.61 Å². The van der Waals surface area contributed by atoms with E-state index in [0.717, 1.165) is 16.7 Å². The van der Waals surface area contributed by atoms with Gasteiger partial charge in [0.15, 0.2) is 0 Å². The molecule has 2 N–H and O–H groups in total. The summed E-state index contributed by atoms with van der Waals surface area (Å²) in [5, 5.41) is 11.7. The van der Waals surface area contributed by atoms with Gasteiger partial charge in [0.25, 0.3) is 0 Å². The largest absolute Gasteiger partial charge is 0.465 e. The quantitative estimate of drug-likeness (QED) is 0.864. The summed E-state index contributed by atoms with van der Waals surface area (Å²) in [5.74, 6) is 0. The van der Waals surface area contributed by atoms with Crippen molar-refractivity contribution in [2.45, 2.75) is 13.0 Å². The van der Waals surface area contributed by atoms with Crippen LogP contribution in [0.25, 0.3) is 5.57 Å². The van der Waals surface area contributed by atoms with Gasteiger partial charge < -0.3 is 14.7 Å². The molecule has 0 saturated heterocycles. The number of rotatable bonds is 4. The number of ether oxygens (including phenoxy) is 1. The molecule has 1 aliphatic heterocycles. The van der Waals surface area contributed by atoms with Crippen LogP contribution in [0.3, 0.4) is 0 Å². The van der Waals surface area contributed by atoms with Crippen molar-refractivity contribution in [1.82, 2.24) is 4.90 Å². The lowest BCUT2D eigenvalue weighted by atomic mass is 9.99. The van der Waals surface area contributed by atoms with Crippen LogP contribution < -0.4 is 5.32 Å². The Balaban J connectivity index is 1.53. The van der Waals surface area contributed by atoms with Crippen LogP contribution in [-0.4, -0.2) is 35.3 Å². The molecule has 6 nitrogen and oxygen atoms in total. The smallest absolute Gasteiger partial charge is 0.411 e. The molecule has 1 heterocycles. The van der Waals surface area contributed by atoms with Crippen LogP contribution in [0.4, 0.5) is 15.3 Å². The Labute approximate surface area is 151 Å². The number of carbonyl (C=O) groups is 2. The summed E-state index contributed by atoms with van der Waals surface area (Å²) in [4.78, 5) is 24.2. The molecule has 0 fully saturated rings. The van der Waals surface area contributed by atoms with Crippen LogP contribution >= 0.6 is 0 Å². The molecule has 0 unspecified atom stereocenters. The summed E-state index contributed by atoms with van der Waals surface area (Å²) in [6.45, 7) is 1.11. The molecule has 0 bridgehead atoms. The van der Waals surface area contributed by atoms with Crippen molar-refractivity contribution in [2.24, 2.45) is 0 Å². The van der Waals surface area contributed by atoms with Crippen LogP contribution in [0.5, 0.6) is 0 Å². The number of anilines is 1. The summed E-state index contributed by atoms with van der Waals surface area (Å²) in [6.07, 6.45) is 1.20. The van der Waals surface area contributed by atoms with E-state index >= 15 is 0 Å². The van der Waals surface area contributed by atoms with E-state index in [0.29, 0.717) is 25.2 Å². The van der Waals surface area contributed by atoms with Crippen molar-refractivity contribution in [3.63, 3.8) is 0 Å². The first-order chi connectivity index (χ1) is 12.6. The van der Waals surface area contributed by atoms with E-state index in [1.165, 1.54) is 4.90 Å². The van der Waals surface area contributed by atoms with Gasteiger partial charge in [-0.25, -0.2) is 9.59 Å². The second-order valence-corrected chi connectivity index (χ2v) is 5.97. The van der Waals surface area contributed by atoms with Gasteiger partial charge in [0.05, 0.1) is 0 Å². The maximum absolute atomic E-state index is 11.9. The van der Waals surface area contributed by atoms with Gasteiger partial charge in [-0.1, -0.05) is 48.5 Å². The highest BCUT2D eigenvalue weighted by molar-refractivity contribution is 5.85. The molecule has 2 aromatic carbocycles. The standard InChI is InChI=1S/C20H20N2O4/c23-19(26-14-15-4-2-1-3-5-15)21-18-8-6-16(7-9-18)17-10-12-22(13-11-17)20(24)25/h1-10H,11-14H2,(H,21,23)(H,24,25). The van der Waals surface area contributed by atoms with Gasteiger partial charge >= 0.3 is 12.2 Å². The highest BCUT2D eigenvalue weighted by Crippen LogP contribution is 2.23. The highest BCUT2D eigenvalue weighted by atomic mass is 16.5. The average Bonchev–Trinajstić information content (AvgIpc) is 2.68. The van der Waals surface area contributed by atoms with E-state index in [4.69, 9.17) is 9.84 Å². The zero-order chi connectivity index (χ0) is 18.4. The molecule has 0 aromatic heterocycles. The molecular formula is C20H20N2O4. The van der Waals surface area contributed by atoms with Crippen molar-refractivity contribution in [1.29, 1.82) is 0 Å². The van der Waals surface area contributed by atoms with Gasteiger partial charge in [0, 0.05) is 18.8 Å². The molecule has 0 spiro atoms. The number of carboxylic acid groups (broad SMARTS) is 1. The summed E-state index contributed by atoms with van der Waals surface area (Å²) in [5.41, 5.74) is 3.71. The number of nitrogens with one attached hydrogen (secondary N) is 1. The Morgan fingerprint density at radius 1 is 1.08 bits per heavy atom. The lowest BCUT2D eigenvalue weighted by molar-refractivity contribution is 0.150. The third-order valence-electron chi connectivity index (χ3n) is 4.19. The Morgan fingerprint density at radius 2 is 1.81 bits per heavy atom. The monoisotopic (exact) mass is 352 g/mol. The first-order valence-corrected chi connectivity index (χ1v) is 8.37. The van der Waals surface area contributed by atoms with Gasteiger partial charge in [-0.05, 0) is 35.3 Å². The molecule has 134 valence electrons. The summed E-state index contributed by atoms with van der Waals surface area (Å²) in [7, 11) is 0. The Hall–Kier alpha value is -3.28. The Kier molecular flexibility index (Phi) is 5.53. The third-order valence-corrected chi connectivity index (χ3v) is 4.19.